The summed E-state index contributed by atoms with van der Waals surface area (Å²) in [5, 5.41) is 13.7. The highest BCUT2D eigenvalue weighted by molar-refractivity contribution is 5.63. The number of benzene rings is 2. The van der Waals surface area contributed by atoms with Crippen molar-refractivity contribution < 1.29 is 9.84 Å². The van der Waals surface area contributed by atoms with Crippen LogP contribution in [-0.4, -0.2) is 11.7 Å². The zero-order valence-electron chi connectivity index (χ0n) is 14.3. The summed E-state index contributed by atoms with van der Waals surface area (Å²) >= 11 is 0. The standard InChI is InChI=1S/C21H25NO2/c1-13(2)16-8-4-9-18-20(16)22-19(14-6-3-7-15(23)12-14)17-10-5-11-24-21(17)18/h3-4,6-9,12-13,17,19,21-23H,5,10-11H2,1-2H3/t17?,19-,21?/m0/s1. The third kappa shape index (κ3) is 2.57. The molecule has 2 N–H and O–H groups in total. The number of phenolic OH excluding ortho intramolecular Hbond substituents is 1. The Morgan fingerprint density at radius 2 is 2.00 bits per heavy atom. The van der Waals surface area contributed by atoms with Crippen LogP contribution in [0.5, 0.6) is 5.75 Å². The van der Waals surface area contributed by atoms with E-state index < -0.39 is 0 Å². The lowest BCUT2D eigenvalue weighted by Gasteiger charge is -2.44. The van der Waals surface area contributed by atoms with E-state index in [-0.39, 0.29) is 12.1 Å². The van der Waals surface area contributed by atoms with Crippen LogP contribution in [-0.2, 0) is 4.74 Å². The molecule has 0 saturated carbocycles. The number of ether oxygens (including phenoxy) is 1. The number of nitrogens with one attached hydrogen (secondary N) is 1. The fraction of sp³-hybridized carbons (Fsp3) is 0.429. The zero-order valence-corrected chi connectivity index (χ0v) is 14.3. The van der Waals surface area contributed by atoms with Gasteiger partial charge in [0.1, 0.15) is 5.75 Å². The van der Waals surface area contributed by atoms with Crippen LogP contribution in [0, 0.1) is 5.92 Å². The van der Waals surface area contributed by atoms with E-state index in [2.05, 4.69) is 43.4 Å². The van der Waals surface area contributed by atoms with E-state index in [1.807, 2.05) is 12.1 Å². The first-order valence-electron chi connectivity index (χ1n) is 8.95. The highest BCUT2D eigenvalue weighted by atomic mass is 16.5. The molecule has 2 aromatic carbocycles. The maximum absolute atomic E-state index is 9.92. The lowest BCUT2D eigenvalue weighted by Crippen LogP contribution is -2.36. The number of anilines is 1. The molecule has 4 rings (SSSR count). The molecule has 24 heavy (non-hydrogen) atoms. The van der Waals surface area contributed by atoms with Gasteiger partial charge in [0.25, 0.3) is 0 Å². The molecule has 0 aliphatic carbocycles. The van der Waals surface area contributed by atoms with Crippen molar-refractivity contribution in [3.8, 4) is 5.75 Å². The monoisotopic (exact) mass is 323 g/mol. The van der Waals surface area contributed by atoms with Crippen molar-refractivity contribution in [2.75, 3.05) is 11.9 Å². The third-order valence-corrected chi connectivity index (χ3v) is 5.38. The predicted molar refractivity (Wildman–Crippen MR) is 96.4 cm³/mol. The summed E-state index contributed by atoms with van der Waals surface area (Å²) in [5.41, 5.74) is 5.00. The fourth-order valence-corrected chi connectivity index (χ4v) is 4.25. The van der Waals surface area contributed by atoms with Crippen LogP contribution in [0.1, 0.15) is 61.4 Å². The third-order valence-electron chi connectivity index (χ3n) is 5.38. The smallest absolute Gasteiger partial charge is 0.115 e. The molecule has 0 spiro atoms. The molecule has 3 atom stereocenters. The SMILES string of the molecule is CC(C)c1cccc2c1N[C@@H](c1cccc(O)c1)C1CCCOC21. The van der Waals surface area contributed by atoms with Gasteiger partial charge in [0.05, 0.1) is 12.1 Å². The first-order valence-corrected chi connectivity index (χ1v) is 8.95. The van der Waals surface area contributed by atoms with Gasteiger partial charge in [-0.2, -0.15) is 0 Å². The van der Waals surface area contributed by atoms with Gasteiger partial charge in [-0.15, -0.1) is 0 Å². The predicted octanol–water partition coefficient (Wildman–Crippen LogP) is 5.15. The Morgan fingerprint density at radius 3 is 2.79 bits per heavy atom. The van der Waals surface area contributed by atoms with Gasteiger partial charge in [-0.25, -0.2) is 0 Å². The van der Waals surface area contributed by atoms with Crippen molar-refractivity contribution in [1.82, 2.24) is 0 Å². The second-order valence-corrected chi connectivity index (χ2v) is 7.28. The van der Waals surface area contributed by atoms with E-state index in [9.17, 15) is 5.11 Å². The number of aromatic hydroxyl groups is 1. The van der Waals surface area contributed by atoms with Gasteiger partial charge in [-0.3, -0.25) is 0 Å². The molecule has 2 aromatic rings. The molecule has 3 nitrogen and oxygen atoms in total. The molecule has 0 amide bonds. The maximum Gasteiger partial charge on any atom is 0.115 e. The average Bonchev–Trinajstić information content (AvgIpc) is 2.60. The Balaban J connectivity index is 1.83. The lowest BCUT2D eigenvalue weighted by atomic mass is 9.76. The molecule has 2 unspecified atom stereocenters. The Labute approximate surface area is 143 Å². The molecule has 2 aliphatic rings. The number of rotatable bonds is 2. The molecule has 2 aliphatic heterocycles. The van der Waals surface area contributed by atoms with Crippen molar-refractivity contribution in [1.29, 1.82) is 0 Å². The van der Waals surface area contributed by atoms with Crippen LogP contribution < -0.4 is 5.32 Å². The van der Waals surface area contributed by atoms with Gasteiger partial charge < -0.3 is 15.2 Å². The summed E-state index contributed by atoms with van der Waals surface area (Å²) in [5.74, 6) is 1.18. The van der Waals surface area contributed by atoms with E-state index in [1.54, 1.807) is 6.07 Å². The Kier molecular flexibility index (Phi) is 3.97. The summed E-state index contributed by atoms with van der Waals surface area (Å²) in [4.78, 5) is 0. The van der Waals surface area contributed by atoms with Crippen LogP contribution >= 0.6 is 0 Å². The van der Waals surface area contributed by atoms with Crippen LogP contribution in [0.25, 0.3) is 0 Å². The van der Waals surface area contributed by atoms with E-state index >= 15 is 0 Å². The van der Waals surface area contributed by atoms with Crippen LogP contribution in [0.2, 0.25) is 0 Å². The molecule has 1 saturated heterocycles. The minimum Gasteiger partial charge on any atom is -0.508 e. The van der Waals surface area contributed by atoms with E-state index in [0.29, 0.717) is 17.6 Å². The van der Waals surface area contributed by atoms with Crippen molar-refractivity contribution >= 4 is 5.69 Å². The second kappa shape index (κ2) is 6.14. The minimum absolute atomic E-state index is 0.140. The van der Waals surface area contributed by atoms with Crippen LogP contribution in [0.4, 0.5) is 5.69 Å². The largest absolute Gasteiger partial charge is 0.508 e. The van der Waals surface area contributed by atoms with Crippen molar-refractivity contribution in [3.05, 3.63) is 59.2 Å². The van der Waals surface area contributed by atoms with Gasteiger partial charge in [-0.05, 0) is 42.0 Å². The number of hydrogen-bond acceptors (Lipinski definition) is 3. The number of fused-ring (bicyclic) bond motifs is 3. The molecule has 0 bridgehead atoms. The van der Waals surface area contributed by atoms with Crippen molar-refractivity contribution in [3.63, 3.8) is 0 Å². The molecule has 3 heteroatoms. The minimum atomic E-state index is 0.140. The summed E-state index contributed by atoms with van der Waals surface area (Å²) in [7, 11) is 0. The van der Waals surface area contributed by atoms with E-state index in [4.69, 9.17) is 4.74 Å². The van der Waals surface area contributed by atoms with Gasteiger partial charge >= 0.3 is 0 Å². The fourth-order valence-electron chi connectivity index (χ4n) is 4.25. The highest BCUT2D eigenvalue weighted by Gasteiger charge is 2.40. The van der Waals surface area contributed by atoms with Crippen molar-refractivity contribution in [2.24, 2.45) is 5.92 Å². The molecule has 0 aromatic heterocycles. The lowest BCUT2D eigenvalue weighted by molar-refractivity contribution is -0.0382. The molecule has 2 heterocycles. The molecule has 126 valence electrons. The highest BCUT2D eigenvalue weighted by Crippen LogP contribution is 2.50. The topological polar surface area (TPSA) is 41.5 Å². The molecular formula is C21H25NO2. The van der Waals surface area contributed by atoms with Gasteiger partial charge in [0.15, 0.2) is 0 Å². The molecule has 1 fully saturated rings. The number of para-hydroxylation sites is 1. The average molecular weight is 323 g/mol. The van der Waals surface area contributed by atoms with Gasteiger partial charge in [-0.1, -0.05) is 44.2 Å². The molecule has 0 radical (unpaired) electrons. The van der Waals surface area contributed by atoms with Crippen LogP contribution in [0.15, 0.2) is 42.5 Å². The Hall–Kier alpha value is -2.00. The Morgan fingerprint density at radius 1 is 1.17 bits per heavy atom. The molecular weight excluding hydrogens is 298 g/mol. The Bertz CT molecular complexity index is 740. The van der Waals surface area contributed by atoms with E-state index in [1.165, 1.54) is 16.8 Å². The first kappa shape index (κ1) is 15.5. The number of phenols is 1. The zero-order chi connectivity index (χ0) is 16.7. The quantitative estimate of drug-likeness (QED) is 0.803. The summed E-state index contributed by atoms with van der Waals surface area (Å²) in [6.45, 7) is 5.29. The van der Waals surface area contributed by atoms with Crippen LogP contribution in [0.3, 0.4) is 0 Å². The maximum atomic E-state index is 9.92. The number of hydrogen-bond donors (Lipinski definition) is 2. The van der Waals surface area contributed by atoms with Crippen molar-refractivity contribution in [2.45, 2.75) is 44.8 Å². The second-order valence-electron chi connectivity index (χ2n) is 7.28. The summed E-state index contributed by atoms with van der Waals surface area (Å²) < 4.78 is 6.22. The summed E-state index contributed by atoms with van der Waals surface area (Å²) in [6.07, 6.45) is 2.38. The van der Waals surface area contributed by atoms with Gasteiger partial charge in [0, 0.05) is 23.8 Å². The van der Waals surface area contributed by atoms with E-state index in [0.717, 1.165) is 25.0 Å². The normalized spacial score (nSPS) is 25.7. The van der Waals surface area contributed by atoms with Gasteiger partial charge in [0.2, 0.25) is 0 Å². The first-order chi connectivity index (χ1) is 11.6. The summed E-state index contributed by atoms with van der Waals surface area (Å²) in [6, 6.07) is 14.4.